The third kappa shape index (κ3) is 3.13. The van der Waals surface area contributed by atoms with Crippen LogP contribution < -0.4 is 10.5 Å². The summed E-state index contributed by atoms with van der Waals surface area (Å²) in [6, 6.07) is 2.25. The van der Waals surface area contributed by atoms with Gasteiger partial charge in [-0.3, -0.25) is 4.90 Å². The maximum Gasteiger partial charge on any atom is 0.573 e. The molecule has 2 saturated carbocycles. The first-order valence-electron chi connectivity index (χ1n) is 10.3. The van der Waals surface area contributed by atoms with Gasteiger partial charge in [0.2, 0.25) is 0 Å². The van der Waals surface area contributed by atoms with Crippen LogP contribution in [-0.4, -0.2) is 58.1 Å². The normalized spacial score (nSPS) is 29.0. The standard InChI is InChI=1S/C20H22F3N5O2/c21-20(22,23)30-16-3-11(4-25-18(16)24)15-7-28(19(26-15)10-1-2-10)17-13-5-27(6-14(13)17)12-8-29-9-12/h3-4,7,10,12-14,17H,1-2,5-6,8-9H2,(H2,24,25)/t13-,14+,17+. The monoisotopic (exact) mass is 421 g/mol. The third-order valence-corrected chi connectivity index (χ3v) is 6.74. The molecular formula is C20H22F3N5O2. The first kappa shape index (κ1) is 18.4. The van der Waals surface area contributed by atoms with E-state index in [2.05, 4.69) is 19.2 Å². The number of hydrogen-bond donors (Lipinski definition) is 1. The molecule has 2 aromatic heterocycles. The Morgan fingerprint density at radius 2 is 1.90 bits per heavy atom. The van der Waals surface area contributed by atoms with Gasteiger partial charge in [-0.1, -0.05) is 0 Å². The van der Waals surface area contributed by atoms with Crippen LogP contribution in [0.2, 0.25) is 0 Å². The van der Waals surface area contributed by atoms with Gasteiger partial charge in [-0.05, 0) is 30.7 Å². The minimum absolute atomic E-state index is 0.297. The topological polar surface area (TPSA) is 78.4 Å². The Labute approximate surface area is 171 Å². The number of hydrogen-bond acceptors (Lipinski definition) is 6. The molecule has 2 aromatic rings. The highest BCUT2D eigenvalue weighted by atomic mass is 19.4. The Kier molecular flexibility index (Phi) is 3.89. The van der Waals surface area contributed by atoms with Crippen LogP contribution in [-0.2, 0) is 4.74 Å². The predicted molar refractivity (Wildman–Crippen MR) is 101 cm³/mol. The number of imidazole rings is 1. The van der Waals surface area contributed by atoms with Crippen LogP contribution >= 0.6 is 0 Å². The quantitative estimate of drug-likeness (QED) is 0.800. The summed E-state index contributed by atoms with van der Waals surface area (Å²) in [4.78, 5) is 11.2. The number of fused-ring (bicyclic) bond motifs is 1. The molecule has 30 heavy (non-hydrogen) atoms. The summed E-state index contributed by atoms with van der Waals surface area (Å²) in [5, 5.41) is 0. The molecule has 6 rings (SSSR count). The molecule has 0 spiro atoms. The van der Waals surface area contributed by atoms with Crippen molar-refractivity contribution in [3.05, 3.63) is 24.3 Å². The summed E-state index contributed by atoms with van der Waals surface area (Å²) < 4.78 is 49.6. The zero-order valence-corrected chi connectivity index (χ0v) is 16.2. The smallest absolute Gasteiger partial charge is 0.402 e. The molecule has 4 heterocycles. The average Bonchev–Trinajstić information content (AvgIpc) is 3.50. The van der Waals surface area contributed by atoms with Crippen molar-refractivity contribution in [1.82, 2.24) is 19.4 Å². The number of nitrogens with zero attached hydrogens (tertiary/aromatic N) is 4. The van der Waals surface area contributed by atoms with Crippen molar-refractivity contribution in [1.29, 1.82) is 0 Å². The van der Waals surface area contributed by atoms with E-state index < -0.39 is 12.1 Å². The van der Waals surface area contributed by atoms with Gasteiger partial charge in [0.05, 0.1) is 24.9 Å². The van der Waals surface area contributed by atoms with Gasteiger partial charge in [0.15, 0.2) is 11.6 Å². The van der Waals surface area contributed by atoms with Crippen molar-refractivity contribution < 1.29 is 22.6 Å². The zero-order chi connectivity index (χ0) is 20.6. The lowest BCUT2D eigenvalue weighted by Gasteiger charge is -2.36. The number of nitrogens with two attached hydrogens (primary N) is 1. The van der Waals surface area contributed by atoms with Gasteiger partial charge in [0.1, 0.15) is 5.82 Å². The highest BCUT2D eigenvalue weighted by molar-refractivity contribution is 5.64. The van der Waals surface area contributed by atoms with Gasteiger partial charge < -0.3 is 19.8 Å². The van der Waals surface area contributed by atoms with Crippen molar-refractivity contribution in [2.45, 2.75) is 37.2 Å². The molecule has 160 valence electrons. The van der Waals surface area contributed by atoms with Crippen molar-refractivity contribution in [3.8, 4) is 17.0 Å². The molecule has 7 nitrogen and oxygen atoms in total. The molecule has 4 fully saturated rings. The lowest BCUT2D eigenvalue weighted by atomic mass is 10.2. The van der Waals surface area contributed by atoms with E-state index in [-0.39, 0.29) is 5.82 Å². The molecule has 0 bridgehead atoms. The summed E-state index contributed by atoms with van der Waals surface area (Å²) in [6.07, 6.45) is 0.806. The second-order valence-electron chi connectivity index (χ2n) is 8.78. The first-order chi connectivity index (χ1) is 14.4. The SMILES string of the molecule is Nc1ncc(-c2cn([C@H]3[C@@H]4CN(C5COC5)C[C@@H]43)c(C3CC3)n2)cc1OC(F)(F)F. The minimum Gasteiger partial charge on any atom is -0.402 e. The Morgan fingerprint density at radius 1 is 1.17 bits per heavy atom. The number of rotatable bonds is 5. The zero-order valence-electron chi connectivity index (χ0n) is 16.2. The Balaban J connectivity index is 1.27. The summed E-state index contributed by atoms with van der Waals surface area (Å²) in [5.41, 5.74) is 6.66. The Hall–Kier alpha value is -2.33. The van der Waals surface area contributed by atoms with Crippen molar-refractivity contribution >= 4 is 5.82 Å². The van der Waals surface area contributed by atoms with E-state index in [1.54, 1.807) is 0 Å². The summed E-state index contributed by atoms with van der Waals surface area (Å²) >= 11 is 0. The molecule has 0 radical (unpaired) electrons. The largest absolute Gasteiger partial charge is 0.573 e. The third-order valence-electron chi connectivity index (χ3n) is 6.74. The van der Waals surface area contributed by atoms with E-state index in [9.17, 15) is 13.2 Å². The number of alkyl halides is 3. The van der Waals surface area contributed by atoms with Gasteiger partial charge in [0.25, 0.3) is 0 Å². The summed E-state index contributed by atoms with van der Waals surface area (Å²) in [7, 11) is 0. The van der Waals surface area contributed by atoms with Crippen LogP contribution in [0.1, 0.15) is 30.6 Å². The first-order valence-corrected chi connectivity index (χ1v) is 10.3. The lowest BCUT2D eigenvalue weighted by Crippen LogP contribution is -2.49. The maximum atomic E-state index is 12.7. The lowest BCUT2D eigenvalue weighted by molar-refractivity contribution is -0.274. The fourth-order valence-electron chi connectivity index (χ4n) is 4.90. The molecule has 2 aliphatic heterocycles. The number of halogens is 3. The number of anilines is 1. The molecule has 4 aliphatic rings. The van der Waals surface area contributed by atoms with E-state index in [4.69, 9.17) is 15.5 Å². The Morgan fingerprint density at radius 3 is 2.50 bits per heavy atom. The Bertz CT molecular complexity index is 973. The van der Waals surface area contributed by atoms with Crippen LogP contribution in [0.25, 0.3) is 11.3 Å². The van der Waals surface area contributed by atoms with E-state index in [0.717, 1.165) is 45.0 Å². The van der Waals surface area contributed by atoms with Crippen LogP contribution in [0.15, 0.2) is 18.5 Å². The highest BCUT2D eigenvalue weighted by Crippen LogP contribution is 2.58. The van der Waals surface area contributed by atoms with Crippen molar-refractivity contribution in [3.63, 3.8) is 0 Å². The number of aromatic nitrogens is 3. The molecular weight excluding hydrogens is 399 g/mol. The van der Waals surface area contributed by atoms with Crippen molar-refractivity contribution in [2.75, 3.05) is 32.0 Å². The van der Waals surface area contributed by atoms with E-state index in [1.807, 2.05) is 6.20 Å². The average molecular weight is 421 g/mol. The summed E-state index contributed by atoms with van der Waals surface area (Å²) in [6.45, 7) is 3.82. The van der Waals surface area contributed by atoms with Gasteiger partial charge in [-0.15, -0.1) is 13.2 Å². The fraction of sp³-hybridized carbons (Fsp3) is 0.600. The number of ether oxygens (including phenoxy) is 2. The second kappa shape index (κ2) is 6.34. The van der Waals surface area contributed by atoms with E-state index >= 15 is 0 Å². The minimum atomic E-state index is -4.82. The molecule has 0 unspecified atom stereocenters. The molecule has 10 heteroatoms. The molecule has 2 aliphatic carbocycles. The number of likely N-dealkylation sites (tertiary alicyclic amines) is 1. The van der Waals surface area contributed by atoms with Crippen LogP contribution in [0.4, 0.5) is 19.0 Å². The fourth-order valence-corrected chi connectivity index (χ4v) is 4.90. The molecule has 3 atom stereocenters. The van der Waals surface area contributed by atoms with Crippen LogP contribution in [0, 0.1) is 11.8 Å². The highest BCUT2D eigenvalue weighted by Gasteiger charge is 2.59. The number of piperidine rings is 1. The molecule has 2 saturated heterocycles. The molecule has 0 amide bonds. The van der Waals surface area contributed by atoms with E-state index in [1.165, 1.54) is 12.3 Å². The van der Waals surface area contributed by atoms with E-state index in [0.29, 0.717) is 41.1 Å². The van der Waals surface area contributed by atoms with Crippen LogP contribution in [0.5, 0.6) is 5.75 Å². The second-order valence-corrected chi connectivity index (χ2v) is 8.78. The molecule has 0 aromatic carbocycles. The van der Waals surface area contributed by atoms with Crippen molar-refractivity contribution in [2.24, 2.45) is 11.8 Å². The number of pyridine rings is 1. The van der Waals surface area contributed by atoms with Crippen LogP contribution in [0.3, 0.4) is 0 Å². The molecule has 2 N–H and O–H groups in total. The maximum absolute atomic E-state index is 12.7. The van der Waals surface area contributed by atoms with Gasteiger partial charge in [-0.25, -0.2) is 9.97 Å². The van der Waals surface area contributed by atoms with Gasteiger partial charge in [-0.2, -0.15) is 0 Å². The predicted octanol–water partition coefficient (Wildman–Crippen LogP) is 2.80. The van der Waals surface area contributed by atoms with Gasteiger partial charge >= 0.3 is 6.36 Å². The summed E-state index contributed by atoms with van der Waals surface area (Å²) in [5.74, 6) is 1.90. The number of nitrogen functional groups attached to an aromatic ring is 1. The van der Waals surface area contributed by atoms with Gasteiger partial charge in [0, 0.05) is 43.0 Å².